The smallest absolute Gasteiger partial charge is 0.273 e. The number of hydrazine groups is 1. The van der Waals surface area contributed by atoms with Gasteiger partial charge in [0.05, 0.1) is 4.88 Å². The molecule has 0 saturated heterocycles. The lowest BCUT2D eigenvalue weighted by Crippen LogP contribution is -2.41. The van der Waals surface area contributed by atoms with Crippen molar-refractivity contribution in [3.8, 4) is 0 Å². The van der Waals surface area contributed by atoms with Gasteiger partial charge in [-0.15, -0.1) is 11.3 Å². The van der Waals surface area contributed by atoms with Crippen LogP contribution in [0.4, 0.5) is 0 Å². The number of rotatable bonds is 3. The lowest BCUT2D eigenvalue weighted by molar-refractivity contribution is -0.122. The van der Waals surface area contributed by atoms with Crippen molar-refractivity contribution in [3.63, 3.8) is 0 Å². The van der Waals surface area contributed by atoms with Crippen LogP contribution in [0.25, 0.3) is 0 Å². The first-order chi connectivity index (χ1) is 8.25. The van der Waals surface area contributed by atoms with Gasteiger partial charge >= 0.3 is 0 Å². The van der Waals surface area contributed by atoms with Gasteiger partial charge < -0.3 is 0 Å². The van der Waals surface area contributed by atoms with Crippen molar-refractivity contribution in [1.29, 1.82) is 0 Å². The highest BCUT2D eigenvalue weighted by Gasteiger charge is 2.14. The molecule has 17 heavy (non-hydrogen) atoms. The molecule has 2 amide bonds. The summed E-state index contributed by atoms with van der Waals surface area (Å²) in [5.74, 6) is -0.101. The molecule has 0 aromatic carbocycles. The van der Waals surface area contributed by atoms with Crippen molar-refractivity contribution in [2.75, 3.05) is 0 Å². The monoisotopic (exact) mass is 250 g/mol. The molecule has 2 N–H and O–H groups in total. The molecule has 0 saturated carbocycles. The summed E-state index contributed by atoms with van der Waals surface area (Å²) in [5, 5.41) is 1.82. The predicted molar refractivity (Wildman–Crippen MR) is 66.4 cm³/mol. The van der Waals surface area contributed by atoms with Crippen molar-refractivity contribution >= 4 is 23.2 Å². The molecule has 1 aromatic heterocycles. The van der Waals surface area contributed by atoms with Gasteiger partial charge in [-0.05, 0) is 30.2 Å². The maximum Gasteiger partial charge on any atom is 0.279 e. The number of thiophene rings is 1. The van der Waals surface area contributed by atoms with Gasteiger partial charge in [0.15, 0.2) is 0 Å². The summed E-state index contributed by atoms with van der Waals surface area (Å²) in [5.41, 5.74) is 4.84. The topological polar surface area (TPSA) is 58.2 Å². The molecule has 1 atom stereocenters. The lowest BCUT2D eigenvalue weighted by atomic mass is 10.1. The third-order valence-corrected chi connectivity index (χ3v) is 3.49. The highest BCUT2D eigenvalue weighted by molar-refractivity contribution is 7.12. The van der Waals surface area contributed by atoms with Gasteiger partial charge in [0, 0.05) is 6.42 Å². The van der Waals surface area contributed by atoms with Gasteiger partial charge in [0.2, 0.25) is 5.91 Å². The Balaban J connectivity index is 1.72. The van der Waals surface area contributed by atoms with E-state index in [2.05, 4.69) is 23.0 Å². The molecule has 0 fully saturated rings. The van der Waals surface area contributed by atoms with E-state index >= 15 is 0 Å². The van der Waals surface area contributed by atoms with E-state index in [-0.39, 0.29) is 11.8 Å². The summed E-state index contributed by atoms with van der Waals surface area (Å²) in [6.07, 6.45) is 6.63. The van der Waals surface area contributed by atoms with Crippen LogP contribution in [0.3, 0.4) is 0 Å². The van der Waals surface area contributed by atoms with Crippen LogP contribution < -0.4 is 10.9 Å². The fourth-order valence-corrected chi connectivity index (χ4v) is 2.37. The summed E-state index contributed by atoms with van der Waals surface area (Å²) >= 11 is 1.34. The molecule has 4 nitrogen and oxygen atoms in total. The van der Waals surface area contributed by atoms with E-state index in [1.165, 1.54) is 11.3 Å². The number of carbonyl (C=O) groups excluding carboxylic acids is 2. The first kappa shape index (κ1) is 11.9. The number of hydrogen-bond donors (Lipinski definition) is 2. The van der Waals surface area contributed by atoms with Crippen molar-refractivity contribution in [3.05, 3.63) is 34.5 Å². The number of carbonyl (C=O) groups is 2. The molecule has 1 aromatic rings. The second-order valence-electron chi connectivity index (χ2n) is 3.95. The van der Waals surface area contributed by atoms with Gasteiger partial charge in [-0.25, -0.2) is 0 Å². The van der Waals surface area contributed by atoms with Crippen LogP contribution in [0.5, 0.6) is 0 Å². The average Bonchev–Trinajstić information content (AvgIpc) is 2.97. The zero-order valence-corrected chi connectivity index (χ0v) is 10.1. The molecule has 1 unspecified atom stereocenters. The Labute approximate surface area is 104 Å². The van der Waals surface area contributed by atoms with E-state index in [9.17, 15) is 9.59 Å². The maximum atomic E-state index is 11.5. The minimum Gasteiger partial charge on any atom is -0.273 e. The first-order valence-corrected chi connectivity index (χ1v) is 6.43. The predicted octanol–water partition coefficient (Wildman–Crippen LogP) is 1.87. The average molecular weight is 250 g/mol. The Morgan fingerprint density at radius 3 is 2.94 bits per heavy atom. The first-order valence-electron chi connectivity index (χ1n) is 5.55. The van der Waals surface area contributed by atoms with Gasteiger partial charge in [-0.2, -0.15) is 0 Å². The van der Waals surface area contributed by atoms with Crippen molar-refractivity contribution in [2.24, 2.45) is 5.92 Å². The molecule has 0 radical (unpaired) electrons. The maximum absolute atomic E-state index is 11.5. The quantitative estimate of drug-likeness (QED) is 0.635. The van der Waals surface area contributed by atoms with E-state index in [4.69, 9.17) is 0 Å². The molecular formula is C12H14N2O2S. The molecule has 2 rings (SSSR count). The highest BCUT2D eigenvalue weighted by atomic mass is 32.1. The second-order valence-corrected chi connectivity index (χ2v) is 4.90. The van der Waals surface area contributed by atoms with Crippen LogP contribution >= 0.6 is 11.3 Å². The lowest BCUT2D eigenvalue weighted by Gasteiger charge is -2.09. The standard InChI is InChI=1S/C12H14N2O2S/c15-11(8-9-4-1-2-5-9)13-14-12(16)10-6-3-7-17-10/h1,3-4,6-7,9H,2,5,8H2,(H,13,15)(H,14,16). The molecule has 90 valence electrons. The Morgan fingerprint density at radius 1 is 1.41 bits per heavy atom. The zero-order valence-electron chi connectivity index (χ0n) is 9.31. The number of allylic oxidation sites excluding steroid dienone is 2. The van der Waals surface area contributed by atoms with E-state index in [1.54, 1.807) is 12.1 Å². The third kappa shape index (κ3) is 3.42. The summed E-state index contributed by atoms with van der Waals surface area (Å²) in [6, 6.07) is 3.51. The summed E-state index contributed by atoms with van der Waals surface area (Å²) < 4.78 is 0. The Hall–Kier alpha value is -1.62. The molecule has 5 heteroatoms. The van der Waals surface area contributed by atoms with E-state index in [1.807, 2.05) is 5.38 Å². The molecule has 1 aliphatic rings. The second kappa shape index (κ2) is 5.63. The highest BCUT2D eigenvalue weighted by Crippen LogP contribution is 2.19. The molecule has 0 spiro atoms. The van der Waals surface area contributed by atoms with Crippen LogP contribution in [0.1, 0.15) is 28.9 Å². The molecule has 0 aliphatic heterocycles. The van der Waals surface area contributed by atoms with E-state index < -0.39 is 0 Å². The normalized spacial score (nSPS) is 18.0. The molecule has 1 aliphatic carbocycles. The summed E-state index contributed by atoms with van der Waals surface area (Å²) in [4.78, 5) is 23.6. The summed E-state index contributed by atoms with van der Waals surface area (Å²) in [6.45, 7) is 0. The van der Waals surface area contributed by atoms with Crippen molar-refractivity contribution < 1.29 is 9.59 Å². The number of hydrogen-bond acceptors (Lipinski definition) is 3. The van der Waals surface area contributed by atoms with Crippen LogP contribution in [-0.4, -0.2) is 11.8 Å². The van der Waals surface area contributed by atoms with Crippen LogP contribution in [0.2, 0.25) is 0 Å². The Kier molecular flexibility index (Phi) is 3.93. The van der Waals surface area contributed by atoms with E-state index in [0.717, 1.165) is 12.8 Å². The number of nitrogens with one attached hydrogen (secondary N) is 2. The van der Waals surface area contributed by atoms with E-state index in [0.29, 0.717) is 17.2 Å². The van der Waals surface area contributed by atoms with Crippen molar-refractivity contribution in [2.45, 2.75) is 19.3 Å². The van der Waals surface area contributed by atoms with Crippen LogP contribution in [0.15, 0.2) is 29.7 Å². The zero-order chi connectivity index (χ0) is 12.1. The van der Waals surface area contributed by atoms with Crippen LogP contribution in [-0.2, 0) is 4.79 Å². The third-order valence-electron chi connectivity index (χ3n) is 2.62. The summed E-state index contributed by atoms with van der Waals surface area (Å²) in [7, 11) is 0. The van der Waals surface area contributed by atoms with Crippen LogP contribution in [0, 0.1) is 5.92 Å². The molecule has 0 bridgehead atoms. The minimum atomic E-state index is -0.268. The molecular weight excluding hydrogens is 236 g/mol. The minimum absolute atomic E-state index is 0.147. The van der Waals surface area contributed by atoms with Gasteiger partial charge in [0.25, 0.3) is 5.91 Å². The van der Waals surface area contributed by atoms with Gasteiger partial charge in [-0.1, -0.05) is 18.2 Å². The SMILES string of the molecule is O=C(CC1C=CCC1)NNC(=O)c1cccs1. The van der Waals surface area contributed by atoms with Crippen molar-refractivity contribution in [1.82, 2.24) is 10.9 Å². The Bertz CT molecular complexity index is 426. The van der Waals surface area contributed by atoms with Gasteiger partial charge in [0.1, 0.15) is 0 Å². The fourth-order valence-electron chi connectivity index (χ4n) is 1.75. The van der Waals surface area contributed by atoms with Gasteiger partial charge in [-0.3, -0.25) is 20.4 Å². The fraction of sp³-hybridized carbons (Fsp3) is 0.333. The largest absolute Gasteiger partial charge is 0.279 e. The number of amides is 2. The Morgan fingerprint density at radius 2 is 2.29 bits per heavy atom. The molecule has 1 heterocycles.